The lowest BCUT2D eigenvalue weighted by Crippen LogP contribution is -2.39. The van der Waals surface area contributed by atoms with Crippen molar-refractivity contribution >= 4 is 39.1 Å². The van der Waals surface area contributed by atoms with Crippen molar-refractivity contribution in [1.29, 1.82) is 0 Å². The Morgan fingerprint density at radius 2 is 1.40 bits per heavy atom. The van der Waals surface area contributed by atoms with Crippen LogP contribution in [0.2, 0.25) is 0 Å². The zero-order chi connectivity index (χ0) is 22.8. The molecule has 5 aromatic rings. The molecular formula is C31H29BrN2S. The maximum absolute atomic E-state index is 5.09. The fourth-order valence-electron chi connectivity index (χ4n) is 5.20. The molecule has 35 heavy (non-hydrogen) atoms. The van der Waals surface area contributed by atoms with Crippen LogP contribution < -0.4 is 4.80 Å². The van der Waals surface area contributed by atoms with Crippen LogP contribution in [0.3, 0.4) is 0 Å². The molecule has 1 aromatic heterocycles. The molecule has 0 saturated heterocycles. The van der Waals surface area contributed by atoms with Crippen molar-refractivity contribution in [3.8, 4) is 0 Å². The first kappa shape index (κ1) is 23.8. The van der Waals surface area contributed by atoms with Gasteiger partial charge in [0.25, 0.3) is 0 Å². The molecule has 0 amide bonds. The molecule has 0 unspecified atom stereocenters. The summed E-state index contributed by atoms with van der Waals surface area (Å²) in [6, 6.07) is 37.1. The highest BCUT2D eigenvalue weighted by atomic mass is 79.9. The first-order valence-corrected chi connectivity index (χ1v) is 13.0. The second-order valence-electron chi connectivity index (χ2n) is 9.27. The third-order valence-electron chi connectivity index (χ3n) is 7.22. The zero-order valence-corrected chi connectivity index (χ0v) is 22.2. The maximum Gasteiger partial charge on any atom is 0.185 e. The van der Waals surface area contributed by atoms with Gasteiger partial charge in [0, 0.05) is 16.5 Å². The fraction of sp³-hybridized carbons (Fsp3) is 0.194. The van der Waals surface area contributed by atoms with E-state index < -0.39 is 0 Å². The van der Waals surface area contributed by atoms with Crippen molar-refractivity contribution in [3.05, 3.63) is 136 Å². The lowest BCUT2D eigenvalue weighted by atomic mass is 9.62. The van der Waals surface area contributed by atoms with Gasteiger partial charge in [0.1, 0.15) is 0 Å². The minimum atomic E-state index is 0. The summed E-state index contributed by atoms with van der Waals surface area (Å²) >= 11 is 1.79. The van der Waals surface area contributed by atoms with Gasteiger partial charge in [-0.15, -0.1) is 28.3 Å². The van der Waals surface area contributed by atoms with Crippen molar-refractivity contribution in [2.75, 3.05) is 0 Å². The molecule has 176 valence electrons. The van der Waals surface area contributed by atoms with Crippen LogP contribution in [0, 0.1) is 0 Å². The summed E-state index contributed by atoms with van der Waals surface area (Å²) in [5, 5.41) is 5.01. The minimum absolute atomic E-state index is 0. The van der Waals surface area contributed by atoms with Gasteiger partial charge >= 0.3 is 0 Å². The van der Waals surface area contributed by atoms with E-state index in [0.29, 0.717) is 6.54 Å². The molecule has 2 nitrogen and oxygen atoms in total. The van der Waals surface area contributed by atoms with Crippen molar-refractivity contribution in [3.63, 3.8) is 0 Å². The number of hydrogen-bond donors (Lipinski definition) is 0. The molecule has 6 rings (SSSR count). The molecule has 0 N–H and O–H groups in total. The van der Waals surface area contributed by atoms with Crippen LogP contribution in [-0.2, 0) is 18.5 Å². The number of hydrogen-bond acceptors (Lipinski definition) is 2. The molecule has 0 aliphatic heterocycles. The number of thiazole rings is 1. The van der Waals surface area contributed by atoms with Crippen LogP contribution in [0.4, 0.5) is 0 Å². The smallest absolute Gasteiger partial charge is 0.185 e. The molecule has 1 saturated carbocycles. The average molecular weight is 542 g/mol. The minimum Gasteiger partial charge on any atom is -0.316 e. The van der Waals surface area contributed by atoms with Gasteiger partial charge in [-0.3, -0.25) is 4.99 Å². The Labute approximate surface area is 221 Å². The number of aromatic nitrogens is 1. The van der Waals surface area contributed by atoms with Gasteiger partial charge in [0.15, 0.2) is 4.80 Å². The van der Waals surface area contributed by atoms with E-state index in [4.69, 9.17) is 4.99 Å². The van der Waals surface area contributed by atoms with Gasteiger partial charge in [0.05, 0.1) is 13.1 Å². The number of benzene rings is 4. The highest BCUT2D eigenvalue weighted by molar-refractivity contribution is 8.93. The van der Waals surface area contributed by atoms with Crippen LogP contribution in [0.5, 0.6) is 0 Å². The van der Waals surface area contributed by atoms with Gasteiger partial charge in [-0.2, -0.15) is 0 Å². The fourth-order valence-corrected chi connectivity index (χ4v) is 6.20. The first-order valence-electron chi connectivity index (χ1n) is 12.1. The van der Waals surface area contributed by atoms with Crippen LogP contribution in [0.25, 0.3) is 10.8 Å². The number of fused-ring (bicyclic) bond motifs is 1. The highest BCUT2D eigenvalue weighted by Gasteiger charge is 2.43. The predicted molar refractivity (Wildman–Crippen MR) is 152 cm³/mol. The molecule has 4 aromatic carbocycles. The summed E-state index contributed by atoms with van der Waals surface area (Å²) < 4.78 is 2.48. The SMILES string of the molecule is Br.c1ccc(C/N=c2\scc(C3(c4ccc5ccccc5c4)CCC3)n2Cc2ccccc2)cc1. The molecule has 4 heteroatoms. The second kappa shape index (κ2) is 10.3. The van der Waals surface area contributed by atoms with Crippen molar-refractivity contribution < 1.29 is 0 Å². The van der Waals surface area contributed by atoms with E-state index >= 15 is 0 Å². The van der Waals surface area contributed by atoms with Gasteiger partial charge in [-0.25, -0.2) is 0 Å². The summed E-state index contributed by atoms with van der Waals surface area (Å²) in [6.45, 7) is 1.56. The van der Waals surface area contributed by atoms with E-state index in [1.807, 2.05) is 0 Å². The standard InChI is InChI=1S/C31H28N2S.BrH/c1-3-10-24(11-4-1)21-32-30-33(22-25-12-5-2-6-13-25)29(23-34-30)31(18-9-19-31)28-17-16-26-14-7-8-15-27(26)20-28;/h1-8,10-17,20,23H,9,18-19,21-22H2;1H/b32-30-;. The summed E-state index contributed by atoms with van der Waals surface area (Å²) in [7, 11) is 0. The lowest BCUT2D eigenvalue weighted by molar-refractivity contribution is 0.284. The van der Waals surface area contributed by atoms with Crippen LogP contribution in [0.15, 0.2) is 114 Å². The van der Waals surface area contributed by atoms with E-state index in [2.05, 4.69) is 113 Å². The van der Waals surface area contributed by atoms with E-state index in [9.17, 15) is 0 Å². The Balaban J connectivity index is 0.00000253. The number of rotatable bonds is 6. The Kier molecular flexibility index (Phi) is 7.03. The Bertz CT molecular complexity index is 1480. The molecule has 1 aliphatic carbocycles. The number of nitrogens with zero attached hydrogens (tertiary/aromatic N) is 2. The van der Waals surface area contributed by atoms with Crippen molar-refractivity contribution in [1.82, 2.24) is 4.57 Å². The Morgan fingerprint density at radius 3 is 2.09 bits per heavy atom. The van der Waals surface area contributed by atoms with Gasteiger partial charge in [-0.1, -0.05) is 110 Å². The normalized spacial score (nSPS) is 14.9. The lowest BCUT2D eigenvalue weighted by Gasteiger charge is -2.43. The van der Waals surface area contributed by atoms with Crippen molar-refractivity contribution in [2.45, 2.75) is 37.8 Å². The molecule has 1 heterocycles. The Hall–Kier alpha value is -2.95. The summed E-state index contributed by atoms with van der Waals surface area (Å²) in [4.78, 5) is 6.20. The first-order chi connectivity index (χ1) is 16.8. The highest BCUT2D eigenvalue weighted by Crippen LogP contribution is 2.49. The van der Waals surface area contributed by atoms with Gasteiger partial charge in [0.2, 0.25) is 0 Å². The van der Waals surface area contributed by atoms with Gasteiger partial charge in [-0.05, 0) is 40.3 Å². The van der Waals surface area contributed by atoms with E-state index in [-0.39, 0.29) is 22.4 Å². The quantitative estimate of drug-likeness (QED) is 0.208. The molecule has 0 bridgehead atoms. The molecule has 1 aliphatic rings. The van der Waals surface area contributed by atoms with E-state index in [0.717, 1.165) is 11.3 Å². The van der Waals surface area contributed by atoms with Gasteiger partial charge < -0.3 is 4.57 Å². The third kappa shape index (κ3) is 4.65. The monoisotopic (exact) mass is 540 g/mol. The average Bonchev–Trinajstić information content (AvgIpc) is 3.25. The molecular weight excluding hydrogens is 512 g/mol. The summed E-state index contributed by atoms with van der Waals surface area (Å²) in [6.07, 6.45) is 3.65. The molecule has 0 radical (unpaired) electrons. The predicted octanol–water partition coefficient (Wildman–Crippen LogP) is 7.90. The second-order valence-corrected chi connectivity index (χ2v) is 10.1. The molecule has 1 fully saturated rings. The maximum atomic E-state index is 5.09. The van der Waals surface area contributed by atoms with E-state index in [1.54, 1.807) is 11.3 Å². The summed E-state index contributed by atoms with van der Waals surface area (Å²) in [5.74, 6) is 0. The molecule has 0 spiro atoms. The number of halogens is 1. The van der Waals surface area contributed by atoms with E-state index in [1.165, 1.54) is 52.4 Å². The molecule has 0 atom stereocenters. The third-order valence-corrected chi connectivity index (χ3v) is 8.12. The topological polar surface area (TPSA) is 17.3 Å². The van der Waals surface area contributed by atoms with Crippen LogP contribution >= 0.6 is 28.3 Å². The summed E-state index contributed by atoms with van der Waals surface area (Å²) in [5.41, 5.74) is 5.48. The largest absolute Gasteiger partial charge is 0.316 e. The zero-order valence-electron chi connectivity index (χ0n) is 19.6. The Morgan fingerprint density at radius 1 is 0.743 bits per heavy atom. The van der Waals surface area contributed by atoms with Crippen molar-refractivity contribution in [2.24, 2.45) is 4.99 Å². The van der Waals surface area contributed by atoms with Crippen LogP contribution in [0.1, 0.15) is 41.6 Å². The van der Waals surface area contributed by atoms with Crippen LogP contribution in [-0.4, -0.2) is 4.57 Å².